The van der Waals surface area contributed by atoms with E-state index < -0.39 is 0 Å². The van der Waals surface area contributed by atoms with E-state index in [1.807, 2.05) is 31.2 Å². The van der Waals surface area contributed by atoms with Crippen LogP contribution in [0.1, 0.15) is 22.3 Å². The van der Waals surface area contributed by atoms with E-state index in [-0.39, 0.29) is 12.4 Å². The second-order valence-corrected chi connectivity index (χ2v) is 4.80. The maximum absolute atomic E-state index is 13.3. The van der Waals surface area contributed by atoms with Crippen molar-refractivity contribution in [3.8, 4) is 11.8 Å². The molecule has 0 spiro atoms. The zero-order valence-electron chi connectivity index (χ0n) is 11.9. The van der Waals surface area contributed by atoms with Crippen LogP contribution in [0.25, 0.3) is 0 Å². The van der Waals surface area contributed by atoms with Gasteiger partial charge in [0, 0.05) is 5.56 Å². The Labute approximate surface area is 123 Å². The van der Waals surface area contributed by atoms with E-state index in [4.69, 9.17) is 15.7 Å². The normalized spacial score (nSPS) is 10.2. The number of nitrogens with zero attached hydrogens (tertiary/aromatic N) is 1. The Balaban J connectivity index is 2.25. The topological polar surface area (TPSA) is 59.0 Å². The van der Waals surface area contributed by atoms with Crippen molar-refractivity contribution in [3.05, 3.63) is 64.5 Å². The number of nitrogens with two attached hydrogens (primary N) is 1. The summed E-state index contributed by atoms with van der Waals surface area (Å²) in [5.74, 6) is 0.385. The molecule has 2 aromatic rings. The smallest absolute Gasteiger partial charge is 0.125 e. The van der Waals surface area contributed by atoms with Crippen LogP contribution < -0.4 is 10.5 Å². The molecule has 0 amide bonds. The highest BCUT2D eigenvalue weighted by atomic mass is 19.1. The summed E-state index contributed by atoms with van der Waals surface area (Å²) in [6, 6.07) is 12.0. The zero-order valence-corrected chi connectivity index (χ0v) is 11.9. The molecule has 0 atom stereocenters. The molecule has 0 aliphatic heterocycles. The third-order valence-electron chi connectivity index (χ3n) is 3.27. The Hall–Kier alpha value is -2.38. The SMILES string of the molecule is Cc1cccc(CCN)c1OCc1cc(F)ccc1C#N. The van der Waals surface area contributed by atoms with E-state index in [1.54, 1.807) is 0 Å². The first kappa shape index (κ1) is 15.0. The summed E-state index contributed by atoms with van der Waals surface area (Å²) in [6.07, 6.45) is 0.714. The molecular formula is C17H17FN2O. The van der Waals surface area contributed by atoms with Crippen LogP contribution in [0.2, 0.25) is 0 Å². The van der Waals surface area contributed by atoms with Crippen molar-refractivity contribution in [1.82, 2.24) is 0 Å². The predicted octanol–water partition coefficient (Wildman–Crippen LogP) is 3.09. The van der Waals surface area contributed by atoms with Crippen LogP contribution in [0.3, 0.4) is 0 Å². The molecule has 0 aliphatic rings. The Morgan fingerprint density at radius 2 is 2.05 bits per heavy atom. The van der Waals surface area contributed by atoms with Crippen molar-refractivity contribution in [2.75, 3.05) is 6.54 Å². The van der Waals surface area contributed by atoms with Gasteiger partial charge in [-0.25, -0.2) is 4.39 Å². The van der Waals surface area contributed by atoms with Crippen molar-refractivity contribution < 1.29 is 9.13 Å². The number of halogens is 1. The third-order valence-corrected chi connectivity index (χ3v) is 3.27. The van der Waals surface area contributed by atoms with Crippen molar-refractivity contribution in [3.63, 3.8) is 0 Å². The van der Waals surface area contributed by atoms with Gasteiger partial charge in [-0.1, -0.05) is 18.2 Å². The highest BCUT2D eigenvalue weighted by molar-refractivity contribution is 5.42. The molecule has 21 heavy (non-hydrogen) atoms. The van der Waals surface area contributed by atoms with Crippen molar-refractivity contribution in [2.45, 2.75) is 20.0 Å². The molecule has 2 aromatic carbocycles. The van der Waals surface area contributed by atoms with Crippen LogP contribution >= 0.6 is 0 Å². The average molecular weight is 284 g/mol. The Morgan fingerprint density at radius 1 is 1.24 bits per heavy atom. The fourth-order valence-electron chi connectivity index (χ4n) is 2.21. The molecule has 0 aliphatic carbocycles. The van der Waals surface area contributed by atoms with Gasteiger partial charge in [0.05, 0.1) is 11.6 Å². The van der Waals surface area contributed by atoms with Crippen LogP contribution in [0.5, 0.6) is 5.75 Å². The number of ether oxygens (including phenoxy) is 1. The van der Waals surface area contributed by atoms with Gasteiger partial charge in [-0.15, -0.1) is 0 Å². The number of hydrogen-bond donors (Lipinski definition) is 1. The van der Waals surface area contributed by atoms with Crippen molar-refractivity contribution >= 4 is 0 Å². The highest BCUT2D eigenvalue weighted by Gasteiger charge is 2.09. The first-order chi connectivity index (χ1) is 10.2. The zero-order chi connectivity index (χ0) is 15.2. The number of rotatable bonds is 5. The fraction of sp³-hybridized carbons (Fsp3) is 0.235. The molecule has 0 saturated heterocycles. The van der Waals surface area contributed by atoms with E-state index in [0.717, 1.165) is 16.9 Å². The summed E-state index contributed by atoms with van der Waals surface area (Å²) in [7, 11) is 0. The van der Waals surface area contributed by atoms with E-state index >= 15 is 0 Å². The second-order valence-electron chi connectivity index (χ2n) is 4.80. The quantitative estimate of drug-likeness (QED) is 0.917. The molecule has 0 unspecified atom stereocenters. The van der Waals surface area contributed by atoms with Gasteiger partial charge in [-0.2, -0.15) is 5.26 Å². The Morgan fingerprint density at radius 3 is 2.76 bits per heavy atom. The van der Waals surface area contributed by atoms with Gasteiger partial charge in [0.25, 0.3) is 0 Å². The lowest BCUT2D eigenvalue weighted by atomic mass is 10.1. The molecule has 0 saturated carbocycles. The van der Waals surface area contributed by atoms with E-state index in [1.165, 1.54) is 18.2 Å². The van der Waals surface area contributed by atoms with Crippen LogP contribution in [0.15, 0.2) is 36.4 Å². The summed E-state index contributed by atoms with van der Waals surface area (Å²) in [6.45, 7) is 2.64. The molecule has 0 radical (unpaired) electrons. The van der Waals surface area contributed by atoms with Crippen LogP contribution in [0, 0.1) is 24.1 Å². The van der Waals surface area contributed by atoms with Gasteiger partial charge in [-0.05, 0) is 49.2 Å². The molecule has 0 fully saturated rings. The molecule has 108 valence electrons. The van der Waals surface area contributed by atoms with Crippen molar-refractivity contribution in [1.29, 1.82) is 5.26 Å². The van der Waals surface area contributed by atoms with Gasteiger partial charge in [0.15, 0.2) is 0 Å². The lowest BCUT2D eigenvalue weighted by Gasteiger charge is -2.14. The summed E-state index contributed by atoms with van der Waals surface area (Å²) in [5.41, 5.74) is 8.58. The molecule has 0 bridgehead atoms. The van der Waals surface area contributed by atoms with Crippen LogP contribution in [0.4, 0.5) is 4.39 Å². The molecule has 2 rings (SSSR count). The largest absolute Gasteiger partial charge is 0.488 e. The molecule has 4 heteroatoms. The highest BCUT2D eigenvalue weighted by Crippen LogP contribution is 2.25. The fourth-order valence-corrected chi connectivity index (χ4v) is 2.21. The maximum atomic E-state index is 13.3. The molecule has 2 N–H and O–H groups in total. The number of para-hydroxylation sites is 1. The van der Waals surface area contributed by atoms with Gasteiger partial charge in [-0.3, -0.25) is 0 Å². The third kappa shape index (κ3) is 3.59. The monoisotopic (exact) mass is 284 g/mol. The van der Waals surface area contributed by atoms with Gasteiger partial charge >= 0.3 is 0 Å². The number of hydrogen-bond acceptors (Lipinski definition) is 3. The Bertz CT molecular complexity index is 677. The summed E-state index contributed by atoms with van der Waals surface area (Å²) < 4.78 is 19.1. The minimum absolute atomic E-state index is 0.156. The Kier molecular flexibility index (Phi) is 4.91. The number of aryl methyl sites for hydroxylation is 1. The number of benzene rings is 2. The minimum Gasteiger partial charge on any atom is -0.488 e. The summed E-state index contributed by atoms with van der Waals surface area (Å²) in [5, 5.41) is 9.06. The molecule has 3 nitrogen and oxygen atoms in total. The standard InChI is InChI=1S/C17H17FN2O/c1-12-3-2-4-13(7-8-19)17(12)21-11-15-9-16(18)6-5-14(15)10-20/h2-6,9H,7-8,11,19H2,1H3. The second kappa shape index (κ2) is 6.87. The number of nitriles is 1. The summed E-state index contributed by atoms with van der Waals surface area (Å²) >= 11 is 0. The van der Waals surface area contributed by atoms with Crippen LogP contribution in [-0.2, 0) is 13.0 Å². The molecule has 0 heterocycles. The van der Waals surface area contributed by atoms with E-state index in [0.29, 0.717) is 24.1 Å². The predicted molar refractivity (Wildman–Crippen MR) is 79.4 cm³/mol. The average Bonchev–Trinajstić information content (AvgIpc) is 2.47. The first-order valence-corrected chi connectivity index (χ1v) is 6.75. The van der Waals surface area contributed by atoms with E-state index in [9.17, 15) is 4.39 Å². The van der Waals surface area contributed by atoms with E-state index in [2.05, 4.69) is 0 Å². The maximum Gasteiger partial charge on any atom is 0.125 e. The minimum atomic E-state index is -0.375. The lowest BCUT2D eigenvalue weighted by Crippen LogP contribution is -2.07. The van der Waals surface area contributed by atoms with Crippen LogP contribution in [-0.4, -0.2) is 6.54 Å². The molecule has 0 aromatic heterocycles. The van der Waals surface area contributed by atoms with Gasteiger partial charge < -0.3 is 10.5 Å². The van der Waals surface area contributed by atoms with Crippen molar-refractivity contribution in [2.24, 2.45) is 5.73 Å². The van der Waals surface area contributed by atoms with Gasteiger partial charge in [0.1, 0.15) is 18.2 Å². The van der Waals surface area contributed by atoms with Gasteiger partial charge in [0.2, 0.25) is 0 Å². The first-order valence-electron chi connectivity index (χ1n) is 6.75. The molecular weight excluding hydrogens is 267 g/mol. The lowest BCUT2D eigenvalue weighted by molar-refractivity contribution is 0.300. The summed E-state index contributed by atoms with van der Waals surface area (Å²) in [4.78, 5) is 0.